The molecule has 1 amide bonds. The first-order valence-electron chi connectivity index (χ1n) is 7.86. The summed E-state index contributed by atoms with van der Waals surface area (Å²) < 4.78 is 0. The standard InChI is InChI=1S/C18H22N2O2/c1-2-3-4-8-11-19-18(22)15-13-20-16(12-17(15)21)14-9-6-5-7-10-14/h5-7,9-10,13H,2-4,8,11-12H2,1H3,(H,19,22). The van der Waals surface area contributed by atoms with Crippen LogP contribution in [0.15, 0.2) is 47.1 Å². The van der Waals surface area contributed by atoms with Gasteiger partial charge in [-0.25, -0.2) is 0 Å². The first-order valence-corrected chi connectivity index (χ1v) is 7.86. The fourth-order valence-corrected chi connectivity index (χ4v) is 2.35. The Morgan fingerprint density at radius 1 is 1.18 bits per heavy atom. The topological polar surface area (TPSA) is 58.5 Å². The number of rotatable bonds is 7. The van der Waals surface area contributed by atoms with Crippen LogP contribution >= 0.6 is 0 Å². The molecule has 1 aromatic carbocycles. The van der Waals surface area contributed by atoms with Gasteiger partial charge in [0, 0.05) is 12.7 Å². The Balaban J connectivity index is 1.94. The van der Waals surface area contributed by atoms with E-state index in [1.807, 2.05) is 30.3 Å². The summed E-state index contributed by atoms with van der Waals surface area (Å²) >= 11 is 0. The van der Waals surface area contributed by atoms with Gasteiger partial charge in [0.1, 0.15) is 5.57 Å². The van der Waals surface area contributed by atoms with E-state index in [-0.39, 0.29) is 23.7 Å². The van der Waals surface area contributed by atoms with Crippen LogP contribution in [0.2, 0.25) is 0 Å². The Hall–Kier alpha value is -2.23. The third-order valence-electron chi connectivity index (χ3n) is 3.65. The first-order chi connectivity index (χ1) is 10.7. The summed E-state index contributed by atoms with van der Waals surface area (Å²) in [6.45, 7) is 2.76. The summed E-state index contributed by atoms with van der Waals surface area (Å²) in [5, 5.41) is 2.80. The molecule has 1 heterocycles. The molecule has 0 aliphatic carbocycles. The van der Waals surface area contributed by atoms with Crippen molar-refractivity contribution in [3.8, 4) is 0 Å². The van der Waals surface area contributed by atoms with Crippen LogP contribution in [-0.2, 0) is 9.59 Å². The Bertz CT molecular complexity index is 588. The fourth-order valence-electron chi connectivity index (χ4n) is 2.35. The molecule has 22 heavy (non-hydrogen) atoms. The minimum Gasteiger partial charge on any atom is -0.352 e. The van der Waals surface area contributed by atoms with Gasteiger partial charge in [-0.15, -0.1) is 0 Å². The van der Waals surface area contributed by atoms with Crippen LogP contribution < -0.4 is 5.32 Å². The molecule has 1 N–H and O–H groups in total. The zero-order valence-corrected chi connectivity index (χ0v) is 13.0. The van der Waals surface area contributed by atoms with E-state index in [2.05, 4.69) is 17.2 Å². The van der Waals surface area contributed by atoms with Crippen molar-refractivity contribution >= 4 is 17.4 Å². The fraction of sp³-hybridized carbons (Fsp3) is 0.389. The molecule has 0 saturated heterocycles. The van der Waals surface area contributed by atoms with Gasteiger partial charge >= 0.3 is 0 Å². The van der Waals surface area contributed by atoms with E-state index in [9.17, 15) is 9.59 Å². The molecule has 4 heteroatoms. The van der Waals surface area contributed by atoms with Gasteiger partial charge in [0.25, 0.3) is 5.91 Å². The van der Waals surface area contributed by atoms with Crippen LogP contribution in [0.1, 0.15) is 44.6 Å². The summed E-state index contributed by atoms with van der Waals surface area (Å²) in [7, 11) is 0. The highest BCUT2D eigenvalue weighted by Crippen LogP contribution is 2.14. The highest BCUT2D eigenvalue weighted by Gasteiger charge is 2.23. The van der Waals surface area contributed by atoms with Gasteiger partial charge in [-0.05, 0) is 12.0 Å². The number of carbonyl (C=O) groups excluding carboxylic acids is 2. The average Bonchev–Trinajstić information content (AvgIpc) is 2.55. The van der Waals surface area contributed by atoms with Crippen LogP contribution in [0.5, 0.6) is 0 Å². The molecule has 0 fully saturated rings. The number of aliphatic imine (C=N–C) groups is 1. The molecule has 0 atom stereocenters. The monoisotopic (exact) mass is 298 g/mol. The number of Topliss-reactive ketones (excluding diaryl/α,β-unsaturated/α-hetero) is 1. The number of amides is 1. The Morgan fingerprint density at radius 2 is 1.95 bits per heavy atom. The van der Waals surface area contributed by atoms with E-state index in [1.165, 1.54) is 12.6 Å². The molecule has 0 bridgehead atoms. The Morgan fingerprint density at radius 3 is 2.64 bits per heavy atom. The van der Waals surface area contributed by atoms with Crippen molar-refractivity contribution in [1.82, 2.24) is 5.32 Å². The predicted molar refractivity (Wildman–Crippen MR) is 87.8 cm³/mol. The SMILES string of the molecule is CCCCCCNC(=O)C1=CN=C(c2ccccc2)CC1=O. The molecule has 2 rings (SSSR count). The van der Waals surface area contributed by atoms with Gasteiger partial charge < -0.3 is 5.32 Å². The van der Waals surface area contributed by atoms with Gasteiger partial charge in [-0.2, -0.15) is 0 Å². The Kier molecular flexibility index (Phi) is 6.07. The van der Waals surface area contributed by atoms with Crippen molar-refractivity contribution in [3.05, 3.63) is 47.7 Å². The predicted octanol–water partition coefficient (Wildman–Crippen LogP) is 3.03. The smallest absolute Gasteiger partial charge is 0.256 e. The molecular weight excluding hydrogens is 276 g/mol. The van der Waals surface area contributed by atoms with E-state index in [1.54, 1.807) is 0 Å². The summed E-state index contributed by atoms with van der Waals surface area (Å²) in [6.07, 6.45) is 5.95. The molecule has 0 aromatic heterocycles. The van der Waals surface area contributed by atoms with Gasteiger partial charge in [-0.1, -0.05) is 56.5 Å². The number of nitrogens with one attached hydrogen (secondary N) is 1. The maximum atomic E-state index is 12.1. The van der Waals surface area contributed by atoms with Crippen LogP contribution in [0, 0.1) is 0 Å². The summed E-state index contributed by atoms with van der Waals surface area (Å²) in [4.78, 5) is 28.4. The number of ketones is 1. The van der Waals surface area contributed by atoms with Crippen molar-refractivity contribution in [2.24, 2.45) is 4.99 Å². The lowest BCUT2D eigenvalue weighted by Gasteiger charge is -2.13. The second kappa shape index (κ2) is 8.27. The minimum atomic E-state index is -0.308. The molecule has 1 aliphatic heterocycles. The largest absolute Gasteiger partial charge is 0.352 e. The molecular formula is C18H22N2O2. The number of hydrogen-bond acceptors (Lipinski definition) is 3. The van der Waals surface area contributed by atoms with Gasteiger partial charge in [-0.3, -0.25) is 14.6 Å². The maximum absolute atomic E-state index is 12.1. The molecule has 0 radical (unpaired) electrons. The lowest BCUT2D eigenvalue weighted by Crippen LogP contribution is -2.31. The van der Waals surface area contributed by atoms with E-state index >= 15 is 0 Å². The van der Waals surface area contributed by atoms with Crippen LogP contribution in [-0.4, -0.2) is 23.9 Å². The number of hydrogen-bond donors (Lipinski definition) is 1. The highest BCUT2D eigenvalue weighted by atomic mass is 16.2. The molecule has 0 saturated carbocycles. The van der Waals surface area contributed by atoms with Crippen molar-refractivity contribution in [2.75, 3.05) is 6.54 Å². The van der Waals surface area contributed by atoms with Gasteiger partial charge in [0.05, 0.1) is 12.1 Å². The van der Waals surface area contributed by atoms with Gasteiger partial charge in [0.2, 0.25) is 0 Å². The molecule has 1 aromatic rings. The van der Waals surface area contributed by atoms with Crippen molar-refractivity contribution in [1.29, 1.82) is 0 Å². The number of nitrogens with zero attached hydrogens (tertiary/aromatic N) is 1. The van der Waals surface area contributed by atoms with Crippen LogP contribution in [0.4, 0.5) is 0 Å². The van der Waals surface area contributed by atoms with Crippen molar-refractivity contribution in [2.45, 2.75) is 39.0 Å². The molecule has 0 unspecified atom stereocenters. The van der Waals surface area contributed by atoms with E-state index < -0.39 is 0 Å². The van der Waals surface area contributed by atoms with Crippen LogP contribution in [0.25, 0.3) is 0 Å². The summed E-state index contributed by atoms with van der Waals surface area (Å²) in [5.74, 6) is -0.475. The molecule has 0 spiro atoms. The molecule has 116 valence electrons. The van der Waals surface area contributed by atoms with E-state index in [0.717, 1.165) is 24.8 Å². The number of unbranched alkanes of at least 4 members (excludes halogenated alkanes) is 3. The zero-order chi connectivity index (χ0) is 15.8. The molecule has 1 aliphatic rings. The number of carbonyl (C=O) groups is 2. The van der Waals surface area contributed by atoms with Crippen molar-refractivity contribution < 1.29 is 9.59 Å². The highest BCUT2D eigenvalue weighted by molar-refractivity contribution is 6.27. The zero-order valence-electron chi connectivity index (χ0n) is 13.0. The average molecular weight is 298 g/mol. The number of benzene rings is 1. The lowest BCUT2D eigenvalue weighted by molar-refractivity contribution is -0.122. The lowest BCUT2D eigenvalue weighted by atomic mass is 9.98. The van der Waals surface area contributed by atoms with Crippen LogP contribution in [0.3, 0.4) is 0 Å². The Labute approximate surface area is 131 Å². The van der Waals surface area contributed by atoms with E-state index in [4.69, 9.17) is 0 Å². The summed E-state index contributed by atoms with van der Waals surface area (Å²) in [5.41, 5.74) is 1.80. The second-order valence-electron chi connectivity index (χ2n) is 5.40. The molecule has 4 nitrogen and oxygen atoms in total. The first kappa shape index (κ1) is 16.1. The minimum absolute atomic E-state index is 0.162. The van der Waals surface area contributed by atoms with E-state index in [0.29, 0.717) is 12.3 Å². The normalized spacial score (nSPS) is 14.3. The quantitative estimate of drug-likeness (QED) is 0.621. The second-order valence-corrected chi connectivity index (χ2v) is 5.40. The maximum Gasteiger partial charge on any atom is 0.256 e. The summed E-state index contributed by atoms with van der Waals surface area (Å²) in [6, 6.07) is 9.56. The van der Waals surface area contributed by atoms with Crippen molar-refractivity contribution in [3.63, 3.8) is 0 Å². The third-order valence-corrected chi connectivity index (χ3v) is 3.65. The third kappa shape index (κ3) is 4.38. The van der Waals surface area contributed by atoms with Gasteiger partial charge in [0.15, 0.2) is 5.78 Å².